The summed E-state index contributed by atoms with van der Waals surface area (Å²) in [7, 11) is 0. The highest BCUT2D eigenvalue weighted by Gasteiger charge is 2.03. The molecule has 0 amide bonds. The predicted molar refractivity (Wildman–Crippen MR) is 67.8 cm³/mol. The Bertz CT molecular complexity index is 451. The van der Waals surface area contributed by atoms with Gasteiger partial charge in [-0.3, -0.25) is 4.68 Å². The molecule has 0 aliphatic carbocycles. The molecule has 2 rings (SSSR count). The van der Waals surface area contributed by atoms with Crippen molar-refractivity contribution in [3.8, 4) is 0 Å². The molecule has 2 aromatic rings. The molecule has 6 nitrogen and oxygen atoms in total. The van der Waals surface area contributed by atoms with Gasteiger partial charge in [0, 0.05) is 43.3 Å². The first kappa shape index (κ1) is 12.8. The molecule has 6 heteroatoms. The summed E-state index contributed by atoms with van der Waals surface area (Å²) in [5.74, 6) is 0. The van der Waals surface area contributed by atoms with E-state index in [9.17, 15) is 0 Å². The van der Waals surface area contributed by atoms with Crippen molar-refractivity contribution in [2.45, 2.75) is 32.6 Å². The summed E-state index contributed by atoms with van der Waals surface area (Å²) in [6, 6.07) is 0.361. The monoisotopic (exact) mass is 249 g/mol. The molecule has 98 valence electrons. The van der Waals surface area contributed by atoms with Crippen LogP contribution in [0.5, 0.6) is 0 Å². The number of aliphatic hydroxyl groups excluding tert-OH is 1. The molecule has 0 radical (unpaired) electrons. The number of aromatic nitrogens is 4. The largest absolute Gasteiger partial charge is 0.394 e. The predicted octanol–water partition coefficient (Wildman–Crippen LogP) is 0.250. The van der Waals surface area contributed by atoms with Crippen molar-refractivity contribution >= 4 is 0 Å². The first-order chi connectivity index (χ1) is 8.78. The molecule has 0 aliphatic heterocycles. The second-order valence-corrected chi connectivity index (χ2v) is 4.38. The van der Waals surface area contributed by atoms with Crippen LogP contribution >= 0.6 is 0 Å². The van der Waals surface area contributed by atoms with E-state index in [0.717, 1.165) is 18.7 Å². The average Bonchev–Trinajstić information content (AvgIpc) is 2.99. The normalized spacial score (nSPS) is 12.8. The molecule has 2 heterocycles. The molecular formula is C12H19N5O. The quantitative estimate of drug-likeness (QED) is 0.738. The minimum atomic E-state index is 0.117. The fraction of sp³-hybridized carbons (Fsp3) is 0.500. The number of nitrogens with one attached hydrogen (secondary N) is 1. The van der Waals surface area contributed by atoms with Gasteiger partial charge in [0.05, 0.1) is 25.7 Å². The van der Waals surface area contributed by atoms with E-state index in [-0.39, 0.29) is 6.61 Å². The molecule has 18 heavy (non-hydrogen) atoms. The van der Waals surface area contributed by atoms with E-state index in [0.29, 0.717) is 12.6 Å². The molecule has 0 aromatic carbocycles. The second kappa shape index (κ2) is 6.32. The van der Waals surface area contributed by atoms with E-state index in [4.69, 9.17) is 5.11 Å². The van der Waals surface area contributed by atoms with Crippen molar-refractivity contribution in [3.05, 3.63) is 36.7 Å². The molecule has 0 fully saturated rings. The number of hydrogen-bond donors (Lipinski definition) is 2. The van der Waals surface area contributed by atoms with Gasteiger partial charge in [-0.15, -0.1) is 0 Å². The third-order valence-corrected chi connectivity index (χ3v) is 2.71. The summed E-state index contributed by atoms with van der Waals surface area (Å²) in [5.41, 5.74) is 1.13. The Kier molecular flexibility index (Phi) is 4.49. The van der Waals surface area contributed by atoms with Crippen LogP contribution in [0.4, 0.5) is 0 Å². The van der Waals surface area contributed by atoms with Crippen molar-refractivity contribution < 1.29 is 5.11 Å². The molecule has 0 saturated carbocycles. The van der Waals surface area contributed by atoms with Crippen LogP contribution in [-0.4, -0.2) is 37.1 Å². The van der Waals surface area contributed by atoms with Gasteiger partial charge in [-0.25, -0.2) is 4.98 Å². The van der Waals surface area contributed by atoms with E-state index in [1.54, 1.807) is 10.9 Å². The van der Waals surface area contributed by atoms with Crippen molar-refractivity contribution in [2.24, 2.45) is 0 Å². The Balaban J connectivity index is 1.76. The van der Waals surface area contributed by atoms with Crippen molar-refractivity contribution in [3.63, 3.8) is 0 Å². The first-order valence-electron chi connectivity index (χ1n) is 6.09. The Morgan fingerprint density at radius 1 is 1.50 bits per heavy atom. The zero-order chi connectivity index (χ0) is 12.8. The molecule has 1 atom stereocenters. The van der Waals surface area contributed by atoms with E-state index in [1.807, 2.05) is 29.5 Å². The smallest absolute Gasteiger partial charge is 0.0946 e. The molecule has 0 saturated heterocycles. The maximum Gasteiger partial charge on any atom is 0.0946 e. The van der Waals surface area contributed by atoms with E-state index >= 15 is 0 Å². The summed E-state index contributed by atoms with van der Waals surface area (Å²) < 4.78 is 3.80. The summed E-state index contributed by atoms with van der Waals surface area (Å²) >= 11 is 0. The van der Waals surface area contributed by atoms with Crippen LogP contribution in [0.25, 0.3) is 0 Å². The lowest BCUT2D eigenvalue weighted by atomic mass is 10.3. The zero-order valence-corrected chi connectivity index (χ0v) is 10.5. The highest BCUT2D eigenvalue weighted by atomic mass is 16.3. The van der Waals surface area contributed by atoms with Crippen LogP contribution in [0.15, 0.2) is 31.1 Å². The van der Waals surface area contributed by atoms with Gasteiger partial charge >= 0.3 is 0 Å². The number of aliphatic hydroxyl groups is 1. The molecule has 2 aromatic heterocycles. The van der Waals surface area contributed by atoms with Crippen LogP contribution in [-0.2, 0) is 19.6 Å². The summed E-state index contributed by atoms with van der Waals surface area (Å²) in [6.07, 6.45) is 9.33. The van der Waals surface area contributed by atoms with Gasteiger partial charge in [0.1, 0.15) is 0 Å². The molecule has 0 bridgehead atoms. The Morgan fingerprint density at radius 3 is 3.11 bits per heavy atom. The Morgan fingerprint density at radius 2 is 2.39 bits per heavy atom. The van der Waals surface area contributed by atoms with Gasteiger partial charge in [-0.05, 0) is 6.92 Å². The highest BCUT2D eigenvalue weighted by Crippen LogP contribution is 1.99. The van der Waals surface area contributed by atoms with E-state index < -0.39 is 0 Å². The van der Waals surface area contributed by atoms with E-state index in [2.05, 4.69) is 22.3 Å². The average molecular weight is 249 g/mol. The van der Waals surface area contributed by atoms with Gasteiger partial charge in [0.15, 0.2) is 0 Å². The maximum absolute atomic E-state index is 8.81. The topological polar surface area (TPSA) is 67.9 Å². The van der Waals surface area contributed by atoms with Crippen LogP contribution in [0.1, 0.15) is 12.5 Å². The van der Waals surface area contributed by atoms with Gasteiger partial charge in [0.2, 0.25) is 0 Å². The number of rotatable bonds is 7. The highest BCUT2D eigenvalue weighted by molar-refractivity contribution is 5.03. The van der Waals surface area contributed by atoms with Gasteiger partial charge < -0.3 is 15.0 Å². The third kappa shape index (κ3) is 3.68. The summed E-state index contributed by atoms with van der Waals surface area (Å²) in [5, 5.41) is 16.4. The molecule has 0 aliphatic rings. The summed E-state index contributed by atoms with van der Waals surface area (Å²) in [6.45, 7) is 4.47. The first-order valence-corrected chi connectivity index (χ1v) is 6.09. The van der Waals surface area contributed by atoms with Crippen LogP contribution < -0.4 is 5.32 Å². The fourth-order valence-corrected chi connectivity index (χ4v) is 1.79. The van der Waals surface area contributed by atoms with Crippen LogP contribution in [0.2, 0.25) is 0 Å². The number of hydrogen-bond acceptors (Lipinski definition) is 4. The Labute approximate surface area is 106 Å². The fourth-order valence-electron chi connectivity index (χ4n) is 1.79. The number of nitrogens with zero attached hydrogens (tertiary/aromatic N) is 4. The van der Waals surface area contributed by atoms with E-state index in [1.165, 1.54) is 0 Å². The van der Waals surface area contributed by atoms with Gasteiger partial charge in [-0.2, -0.15) is 5.10 Å². The van der Waals surface area contributed by atoms with Crippen LogP contribution in [0, 0.1) is 0 Å². The molecular weight excluding hydrogens is 230 g/mol. The molecule has 2 N–H and O–H groups in total. The standard InChI is InChI=1S/C12H19N5O/c1-11(8-16-3-2-13-10-16)14-6-12-7-15-17(9-12)4-5-18/h2-3,7,9-11,14,18H,4-6,8H2,1H3. The number of imidazole rings is 1. The summed E-state index contributed by atoms with van der Waals surface area (Å²) in [4.78, 5) is 4.02. The van der Waals surface area contributed by atoms with Crippen molar-refractivity contribution in [1.82, 2.24) is 24.6 Å². The van der Waals surface area contributed by atoms with Crippen molar-refractivity contribution in [1.29, 1.82) is 0 Å². The molecule has 0 spiro atoms. The lowest BCUT2D eigenvalue weighted by Crippen LogP contribution is -2.29. The van der Waals surface area contributed by atoms with Crippen LogP contribution in [0.3, 0.4) is 0 Å². The van der Waals surface area contributed by atoms with Gasteiger partial charge in [-0.1, -0.05) is 0 Å². The van der Waals surface area contributed by atoms with Crippen molar-refractivity contribution in [2.75, 3.05) is 6.61 Å². The SMILES string of the molecule is CC(Cn1ccnc1)NCc1cnn(CCO)c1. The zero-order valence-electron chi connectivity index (χ0n) is 10.5. The van der Waals surface area contributed by atoms with Gasteiger partial charge in [0.25, 0.3) is 0 Å². The lowest BCUT2D eigenvalue weighted by Gasteiger charge is -2.13. The second-order valence-electron chi connectivity index (χ2n) is 4.38. The molecule has 1 unspecified atom stereocenters. The minimum Gasteiger partial charge on any atom is -0.394 e. The minimum absolute atomic E-state index is 0.117. The lowest BCUT2D eigenvalue weighted by molar-refractivity contribution is 0.269. The maximum atomic E-state index is 8.81. The Hall–Kier alpha value is -1.66. The third-order valence-electron chi connectivity index (χ3n) is 2.71.